The Balaban J connectivity index is 3.79. The largest absolute Gasteiger partial charge is 0.389 e. The third-order valence-electron chi connectivity index (χ3n) is 5.35. The molecule has 0 aromatic rings. The van der Waals surface area contributed by atoms with Crippen LogP contribution >= 0.6 is 0 Å². The maximum Gasteiger partial charge on any atom is 0.0143 e. The van der Waals surface area contributed by atoms with Gasteiger partial charge in [-0.05, 0) is 68.7 Å². The van der Waals surface area contributed by atoms with Gasteiger partial charge in [0.1, 0.15) is 0 Å². The maximum absolute atomic E-state index is 4.21. The highest BCUT2D eigenvalue weighted by atomic mass is 14.9. The van der Waals surface area contributed by atoms with E-state index in [2.05, 4.69) is 72.3 Å². The Morgan fingerprint density at radius 2 is 1.50 bits per heavy atom. The van der Waals surface area contributed by atoms with Crippen LogP contribution in [0.3, 0.4) is 0 Å². The molecule has 0 aromatic heterocycles. The fourth-order valence-corrected chi connectivity index (χ4v) is 3.21. The molecule has 0 spiro atoms. The average Bonchev–Trinajstić information content (AvgIpc) is 2.53. The molecule has 0 aromatic carbocycles. The van der Waals surface area contributed by atoms with Gasteiger partial charge in [0.25, 0.3) is 0 Å². The quantitative estimate of drug-likeness (QED) is 0.235. The van der Waals surface area contributed by atoms with E-state index in [0.29, 0.717) is 23.3 Å². The number of allylic oxidation sites excluding steroid dienone is 2. The molecule has 0 aliphatic rings. The zero-order valence-corrected chi connectivity index (χ0v) is 19.0. The third-order valence-corrected chi connectivity index (χ3v) is 5.35. The van der Waals surface area contributed by atoms with E-state index in [4.69, 9.17) is 0 Å². The van der Waals surface area contributed by atoms with E-state index in [1.54, 1.807) is 0 Å². The van der Waals surface area contributed by atoms with Gasteiger partial charge in [0.2, 0.25) is 0 Å². The summed E-state index contributed by atoms with van der Waals surface area (Å²) in [5.74, 6) is 1.30. The minimum atomic E-state index is 0.438. The van der Waals surface area contributed by atoms with Crippen molar-refractivity contribution in [2.45, 2.75) is 99.5 Å². The zero-order valence-electron chi connectivity index (χ0n) is 19.0. The lowest BCUT2D eigenvalue weighted by molar-refractivity contribution is 0.287. The second-order valence-corrected chi connectivity index (χ2v) is 9.67. The van der Waals surface area contributed by atoms with Gasteiger partial charge in [0.15, 0.2) is 0 Å². The monoisotopic (exact) mass is 364 g/mol. The van der Waals surface area contributed by atoms with Gasteiger partial charge < -0.3 is 10.6 Å². The summed E-state index contributed by atoms with van der Waals surface area (Å²) in [5, 5.41) is 7.05. The van der Waals surface area contributed by atoms with Crippen LogP contribution in [0.15, 0.2) is 24.4 Å². The number of hydrogen-bond acceptors (Lipinski definition) is 2. The molecule has 1 atom stereocenters. The van der Waals surface area contributed by atoms with E-state index < -0.39 is 0 Å². The summed E-state index contributed by atoms with van der Waals surface area (Å²) in [4.78, 5) is 0. The van der Waals surface area contributed by atoms with Crippen molar-refractivity contribution in [3.8, 4) is 0 Å². The molecular formula is C24H48N2. The van der Waals surface area contributed by atoms with Crippen molar-refractivity contribution >= 4 is 0 Å². The van der Waals surface area contributed by atoms with Crippen molar-refractivity contribution in [1.29, 1.82) is 0 Å². The lowest BCUT2D eigenvalue weighted by Crippen LogP contribution is -2.25. The summed E-state index contributed by atoms with van der Waals surface area (Å²) in [5.41, 5.74) is 3.01. The summed E-state index contributed by atoms with van der Waals surface area (Å²) in [6.45, 7) is 26.6. The van der Waals surface area contributed by atoms with Crippen molar-refractivity contribution in [1.82, 2.24) is 10.6 Å². The molecule has 2 N–H and O–H groups in total. The van der Waals surface area contributed by atoms with E-state index >= 15 is 0 Å². The molecular weight excluding hydrogens is 316 g/mol. The molecule has 0 heterocycles. The molecule has 0 radical (unpaired) electrons. The van der Waals surface area contributed by atoms with Gasteiger partial charge in [-0.2, -0.15) is 0 Å². The standard InChI is InChI=1S/C24H48N2/c1-19(2)22(6)18-21(5)12-13-23(7)26-17-11-15-24(8,9)14-10-16-25-20(3)4/h19-21,25-26H,6-7,10-18H2,1-5,8-9H3. The van der Waals surface area contributed by atoms with Crippen molar-refractivity contribution in [2.75, 3.05) is 13.1 Å². The van der Waals surface area contributed by atoms with Crippen LogP contribution in [-0.4, -0.2) is 19.1 Å². The molecule has 0 rings (SSSR count). The van der Waals surface area contributed by atoms with Crippen molar-refractivity contribution in [3.05, 3.63) is 24.4 Å². The van der Waals surface area contributed by atoms with Crippen LogP contribution in [0.25, 0.3) is 0 Å². The molecule has 0 saturated carbocycles. The van der Waals surface area contributed by atoms with Crippen LogP contribution in [0.4, 0.5) is 0 Å². The maximum atomic E-state index is 4.21. The van der Waals surface area contributed by atoms with Gasteiger partial charge in [0, 0.05) is 18.3 Å². The molecule has 0 aliphatic heterocycles. The summed E-state index contributed by atoms with van der Waals surface area (Å²) < 4.78 is 0. The summed E-state index contributed by atoms with van der Waals surface area (Å²) in [6.07, 6.45) is 8.49. The van der Waals surface area contributed by atoms with Crippen LogP contribution in [0.2, 0.25) is 0 Å². The molecule has 26 heavy (non-hydrogen) atoms. The Labute approximate surface area is 165 Å². The van der Waals surface area contributed by atoms with Crippen LogP contribution in [0, 0.1) is 17.3 Å². The van der Waals surface area contributed by atoms with Crippen molar-refractivity contribution in [2.24, 2.45) is 17.3 Å². The third kappa shape index (κ3) is 14.4. The Morgan fingerprint density at radius 1 is 0.923 bits per heavy atom. The fraction of sp³-hybridized carbons (Fsp3) is 0.833. The molecule has 154 valence electrons. The molecule has 2 nitrogen and oxygen atoms in total. The first-order chi connectivity index (χ1) is 12.0. The Hall–Kier alpha value is -0.760. The number of hydrogen-bond donors (Lipinski definition) is 2. The smallest absolute Gasteiger partial charge is 0.0143 e. The summed E-state index contributed by atoms with van der Waals surface area (Å²) in [7, 11) is 0. The average molecular weight is 365 g/mol. The van der Waals surface area contributed by atoms with Crippen LogP contribution in [0.5, 0.6) is 0 Å². The topological polar surface area (TPSA) is 24.1 Å². The molecule has 0 aliphatic carbocycles. The predicted molar refractivity (Wildman–Crippen MR) is 120 cm³/mol. The van der Waals surface area contributed by atoms with E-state index in [1.165, 1.54) is 43.4 Å². The highest BCUT2D eigenvalue weighted by molar-refractivity contribution is 4.99. The van der Waals surface area contributed by atoms with E-state index in [1.807, 2.05) is 0 Å². The van der Waals surface area contributed by atoms with Crippen molar-refractivity contribution in [3.63, 3.8) is 0 Å². The first-order valence-electron chi connectivity index (χ1n) is 10.9. The van der Waals surface area contributed by atoms with Gasteiger partial charge in [-0.3, -0.25) is 0 Å². The van der Waals surface area contributed by atoms with E-state index in [-0.39, 0.29) is 0 Å². The molecule has 0 saturated heterocycles. The minimum absolute atomic E-state index is 0.438. The number of rotatable bonds is 16. The lowest BCUT2D eigenvalue weighted by atomic mass is 9.83. The van der Waals surface area contributed by atoms with Gasteiger partial charge in [-0.15, -0.1) is 0 Å². The number of nitrogens with one attached hydrogen (secondary N) is 2. The second-order valence-electron chi connectivity index (χ2n) is 9.67. The van der Waals surface area contributed by atoms with E-state index in [0.717, 1.165) is 25.9 Å². The molecule has 0 fully saturated rings. The lowest BCUT2D eigenvalue weighted by Gasteiger charge is -2.25. The van der Waals surface area contributed by atoms with Gasteiger partial charge >= 0.3 is 0 Å². The highest BCUT2D eigenvalue weighted by Gasteiger charge is 2.16. The van der Waals surface area contributed by atoms with Crippen LogP contribution in [-0.2, 0) is 0 Å². The summed E-state index contributed by atoms with van der Waals surface area (Å²) in [6, 6.07) is 0.597. The summed E-state index contributed by atoms with van der Waals surface area (Å²) >= 11 is 0. The SMILES string of the molecule is C=C(CCC(C)CC(=C)C(C)C)NCCCC(C)(C)CCCNC(C)C. The first-order valence-corrected chi connectivity index (χ1v) is 10.9. The molecule has 0 bridgehead atoms. The van der Waals surface area contributed by atoms with Crippen LogP contribution < -0.4 is 10.6 Å². The Bertz CT molecular complexity index is 393. The highest BCUT2D eigenvalue weighted by Crippen LogP contribution is 2.28. The first kappa shape index (κ1) is 25.2. The van der Waals surface area contributed by atoms with Gasteiger partial charge in [-0.1, -0.05) is 67.2 Å². The van der Waals surface area contributed by atoms with Crippen LogP contribution in [0.1, 0.15) is 93.4 Å². The molecule has 1 unspecified atom stereocenters. The molecule has 2 heteroatoms. The zero-order chi connectivity index (χ0) is 20.2. The predicted octanol–water partition coefficient (Wildman–Crippen LogP) is 6.69. The Kier molecular flexibility index (Phi) is 13.0. The Morgan fingerprint density at radius 3 is 2.04 bits per heavy atom. The fourth-order valence-electron chi connectivity index (χ4n) is 3.21. The van der Waals surface area contributed by atoms with Gasteiger partial charge in [-0.25, -0.2) is 0 Å². The van der Waals surface area contributed by atoms with E-state index in [9.17, 15) is 0 Å². The normalized spacial score (nSPS) is 13.3. The minimum Gasteiger partial charge on any atom is -0.389 e. The van der Waals surface area contributed by atoms with Crippen molar-refractivity contribution < 1.29 is 0 Å². The second kappa shape index (κ2) is 13.4. The molecule has 0 amide bonds. The van der Waals surface area contributed by atoms with Gasteiger partial charge in [0.05, 0.1) is 0 Å².